The summed E-state index contributed by atoms with van der Waals surface area (Å²) in [6.45, 7) is 5.52. The average Bonchev–Trinajstić information content (AvgIpc) is 2.93. The Bertz CT molecular complexity index is 679. The van der Waals surface area contributed by atoms with Crippen LogP contribution in [-0.2, 0) is 4.79 Å². The predicted octanol–water partition coefficient (Wildman–Crippen LogP) is 1.94. The highest BCUT2D eigenvalue weighted by atomic mass is 16.5. The topological polar surface area (TPSA) is 96.3 Å². The lowest BCUT2D eigenvalue weighted by Gasteiger charge is -2.16. The van der Waals surface area contributed by atoms with E-state index in [2.05, 4.69) is 21.3 Å². The number of hydrazine groups is 1. The van der Waals surface area contributed by atoms with Crippen molar-refractivity contribution in [2.45, 2.75) is 33.2 Å². The highest BCUT2D eigenvalue weighted by molar-refractivity contribution is 5.96. The van der Waals surface area contributed by atoms with Gasteiger partial charge >= 0.3 is 0 Å². The zero-order valence-electron chi connectivity index (χ0n) is 13.3. The summed E-state index contributed by atoms with van der Waals surface area (Å²) >= 11 is 0. The molecule has 2 rings (SSSR count). The van der Waals surface area contributed by atoms with Gasteiger partial charge in [-0.05, 0) is 32.4 Å². The first-order chi connectivity index (χ1) is 11.0. The number of benzene rings is 1. The maximum Gasteiger partial charge on any atom is 0.265 e. The smallest absolute Gasteiger partial charge is 0.265 e. The molecule has 23 heavy (non-hydrogen) atoms. The van der Waals surface area contributed by atoms with Gasteiger partial charge < -0.3 is 9.84 Å². The van der Waals surface area contributed by atoms with E-state index >= 15 is 0 Å². The number of aromatic nitrogens is 1. The van der Waals surface area contributed by atoms with Gasteiger partial charge in [0.05, 0.1) is 0 Å². The van der Waals surface area contributed by atoms with E-state index in [4.69, 9.17) is 4.52 Å². The molecule has 122 valence electrons. The van der Waals surface area contributed by atoms with Crippen LogP contribution in [0.4, 0.5) is 5.82 Å². The molecule has 0 aliphatic rings. The van der Waals surface area contributed by atoms with Gasteiger partial charge in [-0.3, -0.25) is 15.0 Å². The summed E-state index contributed by atoms with van der Waals surface area (Å²) in [6, 6.07) is 8.20. The second kappa shape index (κ2) is 7.55. The molecule has 2 aromatic rings. The third-order valence-corrected chi connectivity index (χ3v) is 3.28. The van der Waals surface area contributed by atoms with Crippen LogP contribution in [-0.4, -0.2) is 23.0 Å². The maximum absolute atomic E-state index is 12.1. The largest absolute Gasteiger partial charge is 0.360 e. The van der Waals surface area contributed by atoms with Gasteiger partial charge in [0.1, 0.15) is 11.8 Å². The van der Waals surface area contributed by atoms with E-state index in [0.717, 1.165) is 5.56 Å². The molecule has 2 amide bonds. The minimum absolute atomic E-state index is 0.298. The Kier molecular flexibility index (Phi) is 5.48. The fourth-order valence-corrected chi connectivity index (χ4v) is 1.92. The van der Waals surface area contributed by atoms with Crippen molar-refractivity contribution in [1.82, 2.24) is 16.0 Å². The molecule has 0 saturated carbocycles. The molecule has 1 atom stereocenters. The summed E-state index contributed by atoms with van der Waals surface area (Å²) < 4.78 is 4.89. The number of anilines is 1. The number of rotatable bonds is 6. The second-order valence-electron chi connectivity index (χ2n) is 5.24. The summed E-state index contributed by atoms with van der Waals surface area (Å²) in [5, 5.41) is 6.33. The Hall–Kier alpha value is -2.67. The number of nitrogens with one attached hydrogen (secondary N) is 3. The number of carbonyl (C=O) groups excluding carboxylic acids is 2. The fourth-order valence-electron chi connectivity index (χ4n) is 1.92. The van der Waals surface area contributed by atoms with E-state index < -0.39 is 6.04 Å². The number of hydrogen-bond donors (Lipinski definition) is 3. The molecule has 1 aromatic heterocycles. The zero-order valence-corrected chi connectivity index (χ0v) is 13.3. The summed E-state index contributed by atoms with van der Waals surface area (Å²) in [6.07, 6.45) is 0.497. The van der Waals surface area contributed by atoms with Crippen molar-refractivity contribution >= 4 is 17.6 Å². The Morgan fingerprint density at radius 1 is 1.22 bits per heavy atom. The van der Waals surface area contributed by atoms with Gasteiger partial charge in [-0.2, -0.15) is 0 Å². The van der Waals surface area contributed by atoms with Crippen LogP contribution in [0.2, 0.25) is 0 Å². The van der Waals surface area contributed by atoms with Crippen molar-refractivity contribution in [3.63, 3.8) is 0 Å². The molecule has 0 aliphatic heterocycles. The maximum atomic E-state index is 12.1. The first-order valence-corrected chi connectivity index (χ1v) is 7.36. The minimum Gasteiger partial charge on any atom is -0.360 e. The molecule has 3 N–H and O–H groups in total. The standard InChI is InChI=1S/C16H20N4O3/c1-4-13(16(22)17-14-9-11(3)23-20-14)18-19-15(21)12-7-5-10(2)6-8-12/h5-9,13,18H,4H2,1-3H3,(H,19,21)(H,17,20,22)/t13-/m0/s1. The number of nitrogens with zero attached hydrogens (tertiary/aromatic N) is 1. The molecule has 0 radical (unpaired) electrons. The quantitative estimate of drug-likeness (QED) is 0.708. The van der Waals surface area contributed by atoms with Gasteiger partial charge in [-0.1, -0.05) is 29.8 Å². The minimum atomic E-state index is -0.582. The Morgan fingerprint density at radius 3 is 2.48 bits per heavy atom. The van der Waals surface area contributed by atoms with Crippen molar-refractivity contribution in [1.29, 1.82) is 0 Å². The Labute approximate surface area is 134 Å². The third-order valence-electron chi connectivity index (χ3n) is 3.28. The van der Waals surface area contributed by atoms with Crippen LogP contribution in [0.15, 0.2) is 34.9 Å². The highest BCUT2D eigenvalue weighted by Crippen LogP contribution is 2.08. The third kappa shape index (κ3) is 4.65. The van der Waals surface area contributed by atoms with E-state index in [1.54, 1.807) is 25.1 Å². The molecule has 0 unspecified atom stereocenters. The molecule has 0 bridgehead atoms. The van der Waals surface area contributed by atoms with Gasteiger partial charge in [-0.15, -0.1) is 0 Å². The first-order valence-electron chi connectivity index (χ1n) is 7.36. The molecule has 0 aliphatic carbocycles. The first kappa shape index (κ1) is 16.7. The van der Waals surface area contributed by atoms with Crippen LogP contribution in [0, 0.1) is 13.8 Å². The number of amides is 2. The summed E-state index contributed by atoms with van der Waals surface area (Å²) in [5.41, 5.74) is 6.88. The van der Waals surface area contributed by atoms with Crippen LogP contribution in [0.5, 0.6) is 0 Å². The number of hydrogen-bond acceptors (Lipinski definition) is 5. The summed E-state index contributed by atoms with van der Waals surface area (Å²) in [5.74, 6) is 0.352. The molecule has 1 aromatic carbocycles. The van der Waals surface area contributed by atoms with Gasteiger partial charge in [0.2, 0.25) is 5.91 Å². The van der Waals surface area contributed by atoms with E-state index in [9.17, 15) is 9.59 Å². The van der Waals surface area contributed by atoms with E-state index in [1.807, 2.05) is 26.0 Å². The molecule has 7 nitrogen and oxygen atoms in total. The Balaban J connectivity index is 1.89. The molecule has 7 heteroatoms. The average molecular weight is 316 g/mol. The van der Waals surface area contributed by atoms with Gasteiger partial charge in [0.25, 0.3) is 5.91 Å². The van der Waals surface area contributed by atoms with Crippen molar-refractivity contribution < 1.29 is 14.1 Å². The van der Waals surface area contributed by atoms with Gasteiger partial charge in [0, 0.05) is 11.6 Å². The molecule has 0 fully saturated rings. The summed E-state index contributed by atoms with van der Waals surface area (Å²) in [4.78, 5) is 24.2. The fraction of sp³-hybridized carbons (Fsp3) is 0.312. The van der Waals surface area contributed by atoms with Crippen molar-refractivity contribution in [2.75, 3.05) is 5.32 Å². The Morgan fingerprint density at radius 2 is 1.91 bits per heavy atom. The van der Waals surface area contributed by atoms with Crippen LogP contribution in [0.1, 0.15) is 35.0 Å². The van der Waals surface area contributed by atoms with Gasteiger partial charge in [-0.25, -0.2) is 5.43 Å². The van der Waals surface area contributed by atoms with Crippen LogP contribution >= 0.6 is 0 Å². The monoisotopic (exact) mass is 316 g/mol. The molecule has 0 spiro atoms. The van der Waals surface area contributed by atoms with Gasteiger partial charge in [0.15, 0.2) is 5.82 Å². The van der Waals surface area contributed by atoms with Crippen molar-refractivity contribution in [3.8, 4) is 0 Å². The molecular weight excluding hydrogens is 296 g/mol. The zero-order chi connectivity index (χ0) is 16.8. The van der Waals surface area contributed by atoms with Crippen LogP contribution in [0.3, 0.4) is 0 Å². The normalized spacial score (nSPS) is 11.8. The van der Waals surface area contributed by atoms with Crippen molar-refractivity contribution in [3.05, 3.63) is 47.2 Å². The van der Waals surface area contributed by atoms with E-state index in [-0.39, 0.29) is 11.8 Å². The molecule has 1 heterocycles. The predicted molar refractivity (Wildman–Crippen MR) is 85.7 cm³/mol. The van der Waals surface area contributed by atoms with Crippen LogP contribution in [0.25, 0.3) is 0 Å². The van der Waals surface area contributed by atoms with Crippen molar-refractivity contribution in [2.24, 2.45) is 0 Å². The molecular formula is C16H20N4O3. The SMILES string of the molecule is CC[C@H](NNC(=O)c1ccc(C)cc1)C(=O)Nc1cc(C)on1. The van der Waals surface area contributed by atoms with E-state index in [0.29, 0.717) is 23.6 Å². The summed E-state index contributed by atoms with van der Waals surface area (Å²) in [7, 11) is 0. The van der Waals surface area contributed by atoms with Crippen LogP contribution < -0.4 is 16.2 Å². The number of carbonyl (C=O) groups is 2. The number of aryl methyl sites for hydroxylation is 2. The lowest BCUT2D eigenvalue weighted by molar-refractivity contribution is -0.118. The molecule has 0 saturated heterocycles. The lowest BCUT2D eigenvalue weighted by atomic mass is 10.1. The van der Waals surface area contributed by atoms with E-state index in [1.165, 1.54) is 0 Å². The highest BCUT2D eigenvalue weighted by Gasteiger charge is 2.18. The lowest BCUT2D eigenvalue weighted by Crippen LogP contribution is -2.49. The second-order valence-corrected chi connectivity index (χ2v) is 5.24.